The second-order valence-corrected chi connectivity index (χ2v) is 5.80. The molecule has 2 aliphatic rings. The zero-order valence-corrected chi connectivity index (χ0v) is 11.9. The van der Waals surface area contributed by atoms with Crippen molar-refractivity contribution >= 4 is 5.91 Å². The minimum Gasteiger partial charge on any atom is -0.385 e. The van der Waals surface area contributed by atoms with Gasteiger partial charge in [-0.25, -0.2) is 0 Å². The van der Waals surface area contributed by atoms with E-state index in [-0.39, 0.29) is 5.91 Å². The summed E-state index contributed by atoms with van der Waals surface area (Å²) in [6, 6.07) is 0.298. The first-order valence-electron chi connectivity index (χ1n) is 7.31. The average Bonchev–Trinajstić information content (AvgIpc) is 3.18. The number of nitrogens with one attached hydrogen (secondary N) is 2. The first-order valence-corrected chi connectivity index (χ1v) is 7.31. The summed E-state index contributed by atoms with van der Waals surface area (Å²) >= 11 is 0. The highest BCUT2D eigenvalue weighted by Gasteiger charge is 2.41. The van der Waals surface area contributed by atoms with Crippen LogP contribution in [0.3, 0.4) is 0 Å². The predicted molar refractivity (Wildman–Crippen MR) is 73.0 cm³/mol. The largest absolute Gasteiger partial charge is 0.385 e. The lowest BCUT2D eigenvalue weighted by molar-refractivity contribution is -0.121. The fraction of sp³-hybridized carbons (Fsp3) is 0.929. The minimum atomic E-state index is 0.106. The van der Waals surface area contributed by atoms with Gasteiger partial charge in [0.05, 0.1) is 6.54 Å². The van der Waals surface area contributed by atoms with Crippen molar-refractivity contribution < 1.29 is 14.3 Å². The van der Waals surface area contributed by atoms with Crippen molar-refractivity contribution in [3.63, 3.8) is 0 Å². The number of carbonyl (C=O) groups excluding carboxylic acids is 1. The van der Waals surface area contributed by atoms with E-state index < -0.39 is 0 Å². The van der Waals surface area contributed by atoms with Crippen LogP contribution in [0.5, 0.6) is 0 Å². The Bertz CT molecular complexity index is 286. The van der Waals surface area contributed by atoms with Gasteiger partial charge in [-0.05, 0) is 37.5 Å². The first kappa shape index (κ1) is 14.8. The van der Waals surface area contributed by atoms with Crippen LogP contribution in [0.15, 0.2) is 0 Å². The molecule has 1 amide bonds. The maximum Gasteiger partial charge on any atom is 0.234 e. The Morgan fingerprint density at radius 1 is 1.37 bits per heavy atom. The van der Waals surface area contributed by atoms with E-state index in [2.05, 4.69) is 10.6 Å². The summed E-state index contributed by atoms with van der Waals surface area (Å²) in [5.41, 5.74) is 0.398. The normalized spacial score (nSPS) is 22.2. The minimum absolute atomic E-state index is 0.106. The quantitative estimate of drug-likeness (QED) is 0.681. The molecule has 19 heavy (non-hydrogen) atoms. The second-order valence-electron chi connectivity index (χ2n) is 5.80. The Morgan fingerprint density at radius 2 is 2.11 bits per heavy atom. The molecule has 2 rings (SSSR count). The Labute approximate surface area is 115 Å². The molecule has 0 radical (unpaired) electrons. The molecular weight excluding hydrogens is 244 g/mol. The van der Waals surface area contributed by atoms with Gasteiger partial charge >= 0.3 is 0 Å². The van der Waals surface area contributed by atoms with E-state index in [1.54, 1.807) is 7.11 Å². The van der Waals surface area contributed by atoms with Crippen LogP contribution in [-0.4, -0.2) is 52.0 Å². The molecule has 0 aromatic heterocycles. The third kappa shape index (κ3) is 5.09. The molecule has 1 aliphatic heterocycles. The van der Waals surface area contributed by atoms with Crippen LogP contribution in [0.25, 0.3) is 0 Å². The van der Waals surface area contributed by atoms with E-state index in [1.807, 2.05) is 0 Å². The van der Waals surface area contributed by atoms with Crippen molar-refractivity contribution in [3.8, 4) is 0 Å². The van der Waals surface area contributed by atoms with E-state index in [0.717, 1.165) is 45.6 Å². The van der Waals surface area contributed by atoms with Gasteiger partial charge in [0.15, 0.2) is 0 Å². The van der Waals surface area contributed by atoms with Gasteiger partial charge in [0.1, 0.15) is 0 Å². The molecule has 1 saturated carbocycles. The van der Waals surface area contributed by atoms with Crippen LogP contribution in [-0.2, 0) is 14.3 Å². The summed E-state index contributed by atoms with van der Waals surface area (Å²) in [7, 11) is 1.74. The lowest BCUT2D eigenvalue weighted by atomic mass is 10.0. The Hall–Kier alpha value is -0.650. The van der Waals surface area contributed by atoms with Crippen LogP contribution in [0, 0.1) is 5.41 Å². The highest BCUT2D eigenvalue weighted by Crippen LogP contribution is 2.48. The van der Waals surface area contributed by atoms with E-state index in [1.165, 1.54) is 12.8 Å². The number of hydrogen-bond acceptors (Lipinski definition) is 4. The molecular formula is C14H26N2O3. The van der Waals surface area contributed by atoms with Crippen molar-refractivity contribution in [3.05, 3.63) is 0 Å². The van der Waals surface area contributed by atoms with Gasteiger partial charge < -0.3 is 20.1 Å². The number of amides is 1. The topological polar surface area (TPSA) is 59.6 Å². The Balaban J connectivity index is 1.56. The molecule has 0 aromatic rings. The van der Waals surface area contributed by atoms with E-state index >= 15 is 0 Å². The molecule has 0 aromatic carbocycles. The highest BCUT2D eigenvalue weighted by molar-refractivity contribution is 5.78. The Morgan fingerprint density at radius 3 is 2.74 bits per heavy atom. The number of ether oxygens (including phenoxy) is 2. The molecule has 0 spiro atoms. The average molecular weight is 270 g/mol. The van der Waals surface area contributed by atoms with Crippen LogP contribution < -0.4 is 10.6 Å². The number of rotatable bonds is 8. The molecule has 2 fully saturated rings. The summed E-state index contributed by atoms with van der Waals surface area (Å²) in [4.78, 5) is 11.8. The molecule has 1 saturated heterocycles. The van der Waals surface area contributed by atoms with Crippen LogP contribution in [0.4, 0.5) is 0 Å². The third-order valence-electron chi connectivity index (χ3n) is 4.17. The summed E-state index contributed by atoms with van der Waals surface area (Å²) in [5.74, 6) is 0.106. The molecule has 0 atom stereocenters. The highest BCUT2D eigenvalue weighted by atomic mass is 16.5. The van der Waals surface area contributed by atoms with Crippen molar-refractivity contribution in [1.29, 1.82) is 0 Å². The van der Waals surface area contributed by atoms with E-state index in [4.69, 9.17) is 9.47 Å². The van der Waals surface area contributed by atoms with Gasteiger partial charge in [0.2, 0.25) is 5.91 Å². The predicted octanol–water partition coefficient (Wildman–Crippen LogP) is 0.688. The molecule has 110 valence electrons. The SMILES string of the molecule is COCCC1(CNCC(=O)NC2CCOCC2)CC1. The van der Waals surface area contributed by atoms with Crippen LogP contribution in [0.2, 0.25) is 0 Å². The Kier molecular flexibility index (Phi) is 5.60. The smallest absolute Gasteiger partial charge is 0.234 e. The number of hydrogen-bond donors (Lipinski definition) is 2. The zero-order valence-electron chi connectivity index (χ0n) is 11.9. The molecule has 2 N–H and O–H groups in total. The van der Waals surface area contributed by atoms with Gasteiger partial charge in [-0.15, -0.1) is 0 Å². The molecule has 0 unspecified atom stereocenters. The summed E-state index contributed by atoms with van der Waals surface area (Å²) in [5, 5.41) is 6.35. The van der Waals surface area contributed by atoms with Crippen LogP contribution in [0.1, 0.15) is 32.1 Å². The van der Waals surface area contributed by atoms with E-state index in [0.29, 0.717) is 18.0 Å². The monoisotopic (exact) mass is 270 g/mol. The van der Waals surface area contributed by atoms with Crippen molar-refractivity contribution in [2.24, 2.45) is 5.41 Å². The molecule has 1 aliphatic carbocycles. The lowest BCUT2D eigenvalue weighted by Gasteiger charge is -2.23. The maximum absolute atomic E-state index is 11.8. The third-order valence-corrected chi connectivity index (χ3v) is 4.17. The van der Waals surface area contributed by atoms with Gasteiger partial charge in [0, 0.05) is 39.5 Å². The number of carbonyl (C=O) groups is 1. The molecule has 1 heterocycles. The lowest BCUT2D eigenvalue weighted by Crippen LogP contribution is -2.43. The summed E-state index contributed by atoms with van der Waals surface area (Å²) in [6.45, 7) is 3.69. The maximum atomic E-state index is 11.8. The standard InChI is InChI=1S/C14H26N2O3/c1-18-9-6-14(4-5-14)11-15-10-13(17)16-12-2-7-19-8-3-12/h12,15H,2-11H2,1H3,(H,16,17). The van der Waals surface area contributed by atoms with Gasteiger partial charge in [-0.1, -0.05) is 0 Å². The fourth-order valence-corrected chi connectivity index (χ4v) is 2.57. The fourth-order valence-electron chi connectivity index (χ4n) is 2.57. The number of methoxy groups -OCH3 is 1. The van der Waals surface area contributed by atoms with Crippen molar-refractivity contribution in [2.75, 3.05) is 40.0 Å². The van der Waals surface area contributed by atoms with Crippen molar-refractivity contribution in [1.82, 2.24) is 10.6 Å². The van der Waals surface area contributed by atoms with Crippen molar-refractivity contribution in [2.45, 2.75) is 38.1 Å². The van der Waals surface area contributed by atoms with Gasteiger partial charge in [-0.3, -0.25) is 4.79 Å². The summed E-state index contributed by atoms with van der Waals surface area (Å²) < 4.78 is 10.4. The molecule has 5 nitrogen and oxygen atoms in total. The summed E-state index contributed by atoms with van der Waals surface area (Å²) in [6.07, 6.45) is 5.47. The molecule has 0 bridgehead atoms. The second kappa shape index (κ2) is 7.22. The zero-order chi connectivity index (χ0) is 13.6. The molecule has 5 heteroatoms. The van der Waals surface area contributed by atoms with Crippen LogP contribution >= 0.6 is 0 Å². The van der Waals surface area contributed by atoms with E-state index in [9.17, 15) is 4.79 Å². The van der Waals surface area contributed by atoms with Gasteiger partial charge in [-0.2, -0.15) is 0 Å². The first-order chi connectivity index (χ1) is 9.24. The van der Waals surface area contributed by atoms with Gasteiger partial charge in [0.25, 0.3) is 0 Å².